The summed E-state index contributed by atoms with van der Waals surface area (Å²) in [5.74, 6) is 0.446. The molecule has 0 bridgehead atoms. The molecule has 0 aromatic heterocycles. The van der Waals surface area contributed by atoms with E-state index < -0.39 is 21.3 Å². The van der Waals surface area contributed by atoms with Gasteiger partial charge in [0.2, 0.25) is 0 Å². The SMILES string of the molecule is CC1=CC(C)[C]([Zr+2](=[C](c2ccc(C)cc2)c2ccc(C)cc2)[CH]2c3cc4c(cc3-c3cc5c(cc32)C(C)(C)CC=C5C)C(C)=CCC4(C)C)=C1.[Cl-].[Cl-]. The second kappa shape index (κ2) is 14.1. The Morgan fingerprint density at radius 3 is 1.40 bits per heavy atom. The molecular formula is C49H52Cl2Zr. The number of rotatable bonds is 4. The standard InChI is InChI=1S/C27H29.C15H14.C7H9.2ClH.Zr/c1-16-7-9-26(3,4)24-12-18-11-19-13-25-21(17(2)8-10-27(25,5)6)15-23(19)22(18)14-20(16)24;1-12-3-7-14(8-4-12)11-15-9-5-13(2)6-10-15;1-6-3-4-7(2)5-6;;;/h7-8,11-15H,9-10H2,1-6H3;3-10H,1-2H3;3,5,7H,1-2H3;2*1H;/q;;;;;+2/p-2. The van der Waals surface area contributed by atoms with Gasteiger partial charge in [0.25, 0.3) is 0 Å². The molecule has 0 nitrogen and oxygen atoms in total. The van der Waals surface area contributed by atoms with E-state index in [0.717, 1.165) is 12.8 Å². The molecule has 3 heteroatoms. The smallest absolute Gasteiger partial charge is 1.00 e. The van der Waals surface area contributed by atoms with Gasteiger partial charge < -0.3 is 24.8 Å². The number of hydrogen-bond acceptors (Lipinski definition) is 0. The number of benzene rings is 4. The summed E-state index contributed by atoms with van der Waals surface area (Å²) in [5.41, 5.74) is 22.1. The molecule has 8 rings (SSSR count). The molecule has 0 amide bonds. The van der Waals surface area contributed by atoms with Gasteiger partial charge in [0, 0.05) is 0 Å². The molecule has 4 aliphatic rings. The summed E-state index contributed by atoms with van der Waals surface area (Å²) in [7, 11) is 0. The van der Waals surface area contributed by atoms with Gasteiger partial charge in [-0.15, -0.1) is 0 Å². The fourth-order valence-electron chi connectivity index (χ4n) is 9.29. The second-order valence-electron chi connectivity index (χ2n) is 17.2. The largest absolute Gasteiger partial charge is 1.00 e. The topological polar surface area (TPSA) is 0 Å². The summed E-state index contributed by atoms with van der Waals surface area (Å²) in [5, 5.41) is 0. The number of fused-ring (bicyclic) bond motifs is 5. The van der Waals surface area contributed by atoms with E-state index in [-0.39, 0.29) is 35.6 Å². The Kier molecular flexibility index (Phi) is 10.5. The van der Waals surface area contributed by atoms with Crippen molar-refractivity contribution in [3.8, 4) is 11.1 Å². The van der Waals surface area contributed by atoms with Crippen molar-refractivity contribution in [2.45, 2.75) is 96.5 Å². The Labute approximate surface area is 333 Å². The van der Waals surface area contributed by atoms with Crippen molar-refractivity contribution in [1.29, 1.82) is 0 Å². The van der Waals surface area contributed by atoms with Gasteiger partial charge in [-0.1, -0.05) is 0 Å². The molecule has 0 fully saturated rings. The van der Waals surface area contributed by atoms with Crippen LogP contribution in [0.15, 0.2) is 106 Å². The Hall–Kier alpha value is -2.83. The molecule has 1 unspecified atom stereocenters. The van der Waals surface area contributed by atoms with E-state index in [9.17, 15) is 0 Å². The second-order valence-corrected chi connectivity index (χ2v) is 23.3. The van der Waals surface area contributed by atoms with E-state index in [1.807, 2.05) is 0 Å². The minimum Gasteiger partial charge on any atom is -1.00 e. The molecule has 0 spiro atoms. The normalized spacial score (nSPS) is 18.8. The van der Waals surface area contributed by atoms with Crippen molar-refractivity contribution in [3.63, 3.8) is 0 Å². The van der Waals surface area contributed by atoms with Gasteiger partial charge in [-0.05, 0) is 0 Å². The van der Waals surface area contributed by atoms with Gasteiger partial charge in [-0.2, -0.15) is 0 Å². The van der Waals surface area contributed by atoms with E-state index in [1.54, 1.807) is 17.6 Å². The zero-order valence-corrected chi connectivity index (χ0v) is 36.5. The van der Waals surface area contributed by atoms with Gasteiger partial charge in [0.1, 0.15) is 0 Å². The Balaban J connectivity index is 0.00000232. The predicted molar refractivity (Wildman–Crippen MR) is 213 cm³/mol. The van der Waals surface area contributed by atoms with E-state index >= 15 is 0 Å². The van der Waals surface area contributed by atoms with Crippen LogP contribution in [0.5, 0.6) is 0 Å². The zero-order chi connectivity index (χ0) is 35.3. The van der Waals surface area contributed by atoms with Crippen LogP contribution in [-0.2, 0) is 32.1 Å². The minimum absolute atomic E-state index is 0. The van der Waals surface area contributed by atoms with Crippen LogP contribution in [0.25, 0.3) is 22.3 Å². The molecular weight excluding hydrogens is 751 g/mol. The summed E-state index contributed by atoms with van der Waals surface area (Å²) in [6.45, 7) is 23.7. The molecule has 0 N–H and O–H groups in total. The van der Waals surface area contributed by atoms with Crippen LogP contribution >= 0.6 is 0 Å². The Morgan fingerprint density at radius 2 is 1.02 bits per heavy atom. The summed E-state index contributed by atoms with van der Waals surface area (Å²) >= 11 is -2.91. The van der Waals surface area contributed by atoms with E-state index in [4.69, 9.17) is 0 Å². The summed E-state index contributed by atoms with van der Waals surface area (Å²) < 4.78 is 3.75. The van der Waals surface area contributed by atoms with Crippen molar-refractivity contribution in [2.24, 2.45) is 5.92 Å². The zero-order valence-electron chi connectivity index (χ0n) is 32.6. The first-order valence-corrected chi connectivity index (χ1v) is 22.6. The van der Waals surface area contributed by atoms with Gasteiger partial charge in [-0.3, -0.25) is 0 Å². The van der Waals surface area contributed by atoms with E-state index in [0.29, 0.717) is 9.54 Å². The van der Waals surface area contributed by atoms with Crippen molar-refractivity contribution in [2.75, 3.05) is 0 Å². The Morgan fingerprint density at radius 1 is 0.596 bits per heavy atom. The third kappa shape index (κ3) is 6.42. The monoisotopic (exact) mass is 800 g/mol. The van der Waals surface area contributed by atoms with Crippen LogP contribution < -0.4 is 24.8 Å². The predicted octanol–water partition coefficient (Wildman–Crippen LogP) is 6.92. The van der Waals surface area contributed by atoms with Gasteiger partial charge in [-0.25, -0.2) is 0 Å². The average Bonchev–Trinajstić information content (AvgIpc) is 3.58. The maximum atomic E-state index is 2.71. The summed E-state index contributed by atoms with van der Waals surface area (Å²) in [6, 6.07) is 29.7. The maximum Gasteiger partial charge on any atom is -1.00 e. The van der Waals surface area contributed by atoms with Crippen molar-refractivity contribution in [1.82, 2.24) is 0 Å². The molecule has 0 radical (unpaired) electrons. The molecule has 0 aliphatic heterocycles. The van der Waals surface area contributed by atoms with Gasteiger partial charge in [0.05, 0.1) is 0 Å². The molecule has 0 heterocycles. The molecule has 4 aromatic carbocycles. The molecule has 266 valence electrons. The first kappa shape index (κ1) is 38.9. The van der Waals surface area contributed by atoms with Crippen LogP contribution in [0, 0.1) is 19.8 Å². The number of halogens is 2. The summed E-state index contributed by atoms with van der Waals surface area (Å²) in [6.07, 6.45) is 12.3. The van der Waals surface area contributed by atoms with Crippen molar-refractivity contribution >= 4 is 14.4 Å². The quantitative estimate of drug-likeness (QED) is 0.211. The third-order valence-electron chi connectivity index (χ3n) is 12.4. The van der Waals surface area contributed by atoms with Crippen LogP contribution in [0.2, 0.25) is 0 Å². The first-order valence-electron chi connectivity index (χ1n) is 18.7. The molecule has 1 atom stereocenters. The van der Waals surface area contributed by atoms with E-state index in [1.165, 1.54) is 72.4 Å². The van der Waals surface area contributed by atoms with Crippen LogP contribution in [0.4, 0.5) is 0 Å². The molecule has 0 saturated carbocycles. The molecule has 0 saturated heterocycles. The fourth-order valence-corrected chi connectivity index (χ4v) is 18.9. The summed E-state index contributed by atoms with van der Waals surface area (Å²) in [4.78, 5) is 0. The maximum absolute atomic E-state index is 2.91. The van der Waals surface area contributed by atoms with Gasteiger partial charge >= 0.3 is 311 Å². The first-order chi connectivity index (χ1) is 23.7. The molecule has 52 heavy (non-hydrogen) atoms. The van der Waals surface area contributed by atoms with Crippen LogP contribution in [-0.4, -0.2) is 3.21 Å². The number of aryl methyl sites for hydroxylation is 2. The van der Waals surface area contributed by atoms with Crippen LogP contribution in [0.1, 0.15) is 127 Å². The molecule has 4 aliphatic carbocycles. The number of hydrogen-bond donors (Lipinski definition) is 0. The van der Waals surface area contributed by atoms with Crippen molar-refractivity contribution in [3.05, 3.63) is 162 Å². The third-order valence-corrected chi connectivity index (χ3v) is 21.1. The van der Waals surface area contributed by atoms with Gasteiger partial charge in [0.15, 0.2) is 0 Å². The minimum atomic E-state index is -2.91. The average molecular weight is 803 g/mol. The van der Waals surface area contributed by atoms with Crippen LogP contribution in [0.3, 0.4) is 0 Å². The van der Waals surface area contributed by atoms with E-state index in [2.05, 4.69) is 166 Å². The molecule has 4 aromatic rings. The fraction of sp³-hybridized carbons (Fsp3) is 0.327. The Bertz CT molecular complexity index is 2120. The number of allylic oxidation sites excluding steroid dienone is 8. The van der Waals surface area contributed by atoms with Crippen molar-refractivity contribution < 1.29 is 46.1 Å².